The Kier molecular flexibility index (Phi) is 7.39. The van der Waals surface area contributed by atoms with E-state index in [-0.39, 0.29) is 0 Å². The Balaban J connectivity index is 0. The van der Waals surface area contributed by atoms with E-state index < -0.39 is 18.3 Å². The highest BCUT2D eigenvalue weighted by Crippen LogP contribution is 1.81. The van der Waals surface area contributed by atoms with Gasteiger partial charge in [0, 0.05) is 0 Å². The van der Waals surface area contributed by atoms with Crippen molar-refractivity contribution < 1.29 is 25.2 Å². The molecule has 0 aromatic rings. The molecule has 7 heteroatoms. The average molecular weight is 166 g/mol. The first-order valence-corrected chi connectivity index (χ1v) is 2.37. The fourth-order valence-electron chi connectivity index (χ4n) is 0.133. The second-order valence-corrected chi connectivity index (χ2v) is 1.34. The van der Waals surface area contributed by atoms with Gasteiger partial charge in [-0.1, -0.05) is 0 Å². The largest absolute Gasteiger partial charge is 0.481 e. The molecule has 0 saturated carbocycles. The molecule has 7 nitrogen and oxygen atoms in total. The molecule has 0 aliphatic rings. The summed E-state index contributed by atoms with van der Waals surface area (Å²) in [5, 5.41) is 31.4. The topological polar surface area (TPSA) is 150 Å². The molecule has 11 heavy (non-hydrogen) atoms. The smallest absolute Gasteiger partial charge is 0.309 e. The molecule has 0 atom stereocenters. The van der Waals surface area contributed by atoms with E-state index in [2.05, 4.69) is 11.5 Å². The number of rotatable bonds is 1. The van der Waals surface area contributed by atoms with Gasteiger partial charge in [-0.2, -0.15) is 0 Å². The number of aliphatic hydroxyl groups excluding tert-OH is 2. The molecular weight excluding hydrogens is 156 g/mol. The molecule has 0 heterocycles. The summed E-state index contributed by atoms with van der Waals surface area (Å²) >= 11 is 0. The molecule has 0 aliphatic heterocycles. The Bertz CT molecular complexity index is 135. The second-order valence-electron chi connectivity index (χ2n) is 1.34. The van der Waals surface area contributed by atoms with E-state index in [1.54, 1.807) is 0 Å². The van der Waals surface area contributed by atoms with Gasteiger partial charge in [-0.05, 0) is 0 Å². The lowest BCUT2D eigenvalue weighted by molar-refractivity contribution is -0.00443. The molecular formula is C4H10N2O5. The summed E-state index contributed by atoms with van der Waals surface area (Å²) < 4.78 is 0. The monoisotopic (exact) mass is 166 g/mol. The van der Waals surface area contributed by atoms with Crippen LogP contribution in [0, 0.1) is 0 Å². The number of carbonyl (C=O) groups is 1. The van der Waals surface area contributed by atoms with Crippen LogP contribution in [0.2, 0.25) is 0 Å². The van der Waals surface area contributed by atoms with Crippen molar-refractivity contribution in [3.05, 3.63) is 12.0 Å². The van der Waals surface area contributed by atoms with Crippen LogP contribution in [-0.2, 0) is 0 Å². The fourth-order valence-corrected chi connectivity index (χ4v) is 0.133. The van der Waals surface area contributed by atoms with Crippen molar-refractivity contribution in [1.29, 1.82) is 0 Å². The summed E-state index contributed by atoms with van der Waals surface area (Å²) in [5.41, 5.74) is 8.50. The zero-order chi connectivity index (χ0) is 9.44. The van der Waals surface area contributed by atoms with Crippen LogP contribution >= 0.6 is 0 Å². The van der Waals surface area contributed by atoms with Crippen molar-refractivity contribution >= 4 is 6.03 Å². The van der Waals surface area contributed by atoms with Crippen LogP contribution in [0.1, 0.15) is 0 Å². The van der Waals surface area contributed by atoms with Gasteiger partial charge in [0.05, 0.1) is 6.08 Å². The highest BCUT2D eigenvalue weighted by atomic mass is 16.5. The highest BCUT2D eigenvalue weighted by Gasteiger charge is 1.90. The van der Waals surface area contributed by atoms with Gasteiger partial charge < -0.3 is 31.9 Å². The summed E-state index contributed by atoms with van der Waals surface area (Å²) in [7, 11) is 0. The molecule has 0 aromatic carbocycles. The maximum Gasteiger partial charge on any atom is 0.309 e. The number of primary amides is 2. The minimum absolute atomic E-state index is 0.472. The summed E-state index contributed by atoms with van der Waals surface area (Å²) in [6.07, 6.45) is -1.31. The Morgan fingerprint density at radius 2 is 1.55 bits per heavy atom. The van der Waals surface area contributed by atoms with Crippen LogP contribution in [0.3, 0.4) is 0 Å². The van der Waals surface area contributed by atoms with Crippen LogP contribution in [0.5, 0.6) is 0 Å². The van der Waals surface area contributed by atoms with Crippen molar-refractivity contribution in [2.24, 2.45) is 11.5 Å². The Morgan fingerprint density at radius 1 is 1.27 bits per heavy atom. The molecule has 0 unspecified atom stereocenters. The first kappa shape index (κ1) is 12.2. The van der Waals surface area contributed by atoms with Crippen LogP contribution in [0.25, 0.3) is 0 Å². The van der Waals surface area contributed by atoms with Gasteiger partial charge in [-0.15, -0.1) is 0 Å². The van der Waals surface area contributed by atoms with E-state index in [0.717, 1.165) is 0 Å². The molecule has 0 radical (unpaired) electrons. The van der Waals surface area contributed by atoms with E-state index in [4.69, 9.17) is 25.2 Å². The van der Waals surface area contributed by atoms with Gasteiger partial charge in [-0.3, -0.25) is 0 Å². The number of nitrogens with two attached hydrogens (primary N) is 2. The molecule has 0 aliphatic carbocycles. The fraction of sp³-hybridized carbons (Fsp3) is 0.250. The average Bonchev–Trinajstić information content (AvgIpc) is 1.56. The van der Waals surface area contributed by atoms with Gasteiger partial charge >= 0.3 is 6.03 Å². The summed E-state index contributed by atoms with van der Waals surface area (Å²) in [5.74, 6) is -1.09. The van der Waals surface area contributed by atoms with Gasteiger partial charge in [0.15, 0.2) is 6.29 Å². The summed E-state index contributed by atoms with van der Waals surface area (Å²) in [4.78, 5) is 9.00. The molecule has 2 amide bonds. The predicted molar refractivity (Wildman–Crippen MR) is 35.3 cm³/mol. The maximum absolute atomic E-state index is 9.00. The van der Waals surface area contributed by atoms with Crippen LogP contribution in [-0.4, -0.2) is 32.7 Å². The van der Waals surface area contributed by atoms with Crippen LogP contribution < -0.4 is 11.5 Å². The van der Waals surface area contributed by atoms with E-state index in [0.29, 0.717) is 6.08 Å². The number of aliphatic hydroxyl groups is 4. The molecule has 0 spiro atoms. The van der Waals surface area contributed by atoms with Crippen molar-refractivity contribution in [1.82, 2.24) is 0 Å². The third-order valence-electron chi connectivity index (χ3n) is 0.298. The van der Waals surface area contributed by atoms with Crippen molar-refractivity contribution in [2.75, 3.05) is 0 Å². The minimum atomic E-state index is -1.79. The molecule has 0 fully saturated rings. The second kappa shape index (κ2) is 6.65. The highest BCUT2D eigenvalue weighted by molar-refractivity contribution is 5.69. The molecule has 0 bridgehead atoms. The van der Waals surface area contributed by atoms with E-state index in [9.17, 15) is 0 Å². The van der Waals surface area contributed by atoms with Crippen LogP contribution in [0.15, 0.2) is 12.0 Å². The molecule has 8 N–H and O–H groups in total. The molecule has 0 aromatic heterocycles. The van der Waals surface area contributed by atoms with Gasteiger partial charge in [-0.25, -0.2) is 4.79 Å². The SMILES string of the molecule is NC(N)=O.OC(O)=CC(O)O. The Morgan fingerprint density at radius 3 is 1.55 bits per heavy atom. The zero-order valence-corrected chi connectivity index (χ0v) is 5.51. The first-order valence-electron chi connectivity index (χ1n) is 2.37. The van der Waals surface area contributed by atoms with Gasteiger partial charge in [0.2, 0.25) is 0 Å². The summed E-state index contributed by atoms with van der Waals surface area (Å²) in [6.45, 7) is 0. The maximum atomic E-state index is 9.00. The van der Waals surface area contributed by atoms with Crippen LogP contribution in [0.4, 0.5) is 4.79 Å². The van der Waals surface area contributed by atoms with E-state index in [1.165, 1.54) is 0 Å². The third kappa shape index (κ3) is 56.8. The zero-order valence-electron chi connectivity index (χ0n) is 5.51. The van der Waals surface area contributed by atoms with E-state index in [1.807, 2.05) is 0 Å². The number of hydrogen-bond donors (Lipinski definition) is 6. The Hall–Kier alpha value is -1.47. The van der Waals surface area contributed by atoms with Gasteiger partial charge in [0.25, 0.3) is 5.95 Å². The minimum Gasteiger partial charge on any atom is -0.481 e. The van der Waals surface area contributed by atoms with Gasteiger partial charge in [0.1, 0.15) is 0 Å². The Labute approximate surface area is 62.2 Å². The lowest BCUT2D eigenvalue weighted by Gasteiger charge is -1.90. The number of urea groups is 1. The van der Waals surface area contributed by atoms with Crippen molar-refractivity contribution in [3.8, 4) is 0 Å². The standard InChI is InChI=1S/C3H6O4.CH4N2O/c4-2(5)1-3(6)7;2-1(3)4/h1-2,4-7H;(H4,2,3,4). The number of hydrogen-bond acceptors (Lipinski definition) is 5. The van der Waals surface area contributed by atoms with E-state index >= 15 is 0 Å². The predicted octanol–water partition coefficient (Wildman–Crippen LogP) is -1.72. The lowest BCUT2D eigenvalue weighted by atomic mass is 10.6. The normalized spacial score (nSPS) is 7.91. The van der Waals surface area contributed by atoms with Crippen molar-refractivity contribution in [2.45, 2.75) is 6.29 Å². The summed E-state index contributed by atoms with van der Waals surface area (Å²) in [6, 6.07) is -0.833. The first-order chi connectivity index (χ1) is 4.86. The third-order valence-corrected chi connectivity index (χ3v) is 0.298. The molecule has 0 rings (SSSR count). The number of amides is 2. The quantitative estimate of drug-likeness (QED) is 0.202. The van der Waals surface area contributed by atoms with Crippen molar-refractivity contribution in [3.63, 3.8) is 0 Å². The lowest BCUT2D eigenvalue weighted by Crippen LogP contribution is -2.18. The molecule has 66 valence electrons. The molecule has 0 saturated heterocycles. The number of carbonyl (C=O) groups excluding carboxylic acids is 1.